The van der Waals surface area contributed by atoms with E-state index in [1.54, 1.807) is 12.1 Å². The second kappa shape index (κ2) is 9.00. The molecule has 0 aliphatic heterocycles. The van der Waals surface area contributed by atoms with Gasteiger partial charge >= 0.3 is 5.97 Å². The number of aryl methyl sites for hydroxylation is 2. The zero-order chi connectivity index (χ0) is 19.9. The van der Waals surface area contributed by atoms with Gasteiger partial charge in [-0.2, -0.15) is 0 Å². The minimum atomic E-state index is -0.576. The molecule has 28 heavy (non-hydrogen) atoms. The number of hydrogen-bond donors (Lipinski definition) is 0. The quantitative estimate of drug-likeness (QED) is 0.441. The summed E-state index contributed by atoms with van der Waals surface area (Å²) in [6, 6.07) is 22.9. The van der Waals surface area contributed by atoms with Gasteiger partial charge in [0.1, 0.15) is 5.75 Å². The van der Waals surface area contributed by atoms with Crippen molar-refractivity contribution in [2.45, 2.75) is 13.8 Å². The highest BCUT2D eigenvalue weighted by Crippen LogP contribution is 2.19. The van der Waals surface area contributed by atoms with Gasteiger partial charge in [-0.25, -0.2) is 4.79 Å². The zero-order valence-electron chi connectivity index (χ0n) is 16.0. The minimum absolute atomic E-state index is 0.233. The maximum Gasteiger partial charge on any atom is 0.344 e. The Labute approximate surface area is 164 Å². The minimum Gasteiger partial charge on any atom is -0.482 e. The molecule has 3 rings (SSSR count). The smallest absolute Gasteiger partial charge is 0.344 e. The number of esters is 1. The second-order valence-electron chi connectivity index (χ2n) is 6.64. The summed E-state index contributed by atoms with van der Waals surface area (Å²) >= 11 is 0. The summed E-state index contributed by atoms with van der Waals surface area (Å²) in [5.41, 5.74) is 4.71. The van der Waals surface area contributed by atoms with Crippen molar-refractivity contribution in [3.8, 4) is 16.9 Å². The molecule has 3 aromatic rings. The average Bonchev–Trinajstić information content (AvgIpc) is 2.70. The number of carbonyl (C=O) groups excluding carboxylic acids is 2. The standard InChI is InChI=1S/C24H22O4/c1-17-12-18(2)14-22(13-17)27-16-24(26)28-15-23(25)21-10-8-20(9-11-21)19-6-4-3-5-7-19/h3-14H,15-16H2,1-2H3. The van der Waals surface area contributed by atoms with Crippen molar-refractivity contribution in [3.05, 3.63) is 89.5 Å². The molecule has 0 saturated heterocycles. The maximum atomic E-state index is 12.2. The highest BCUT2D eigenvalue weighted by atomic mass is 16.6. The number of rotatable bonds is 7. The molecule has 0 aromatic heterocycles. The monoisotopic (exact) mass is 374 g/mol. The molecule has 0 N–H and O–H groups in total. The van der Waals surface area contributed by atoms with E-state index in [0.29, 0.717) is 11.3 Å². The van der Waals surface area contributed by atoms with Crippen LogP contribution in [0.3, 0.4) is 0 Å². The van der Waals surface area contributed by atoms with Crippen LogP contribution in [0.2, 0.25) is 0 Å². The van der Waals surface area contributed by atoms with Crippen LogP contribution in [0.1, 0.15) is 21.5 Å². The molecule has 0 radical (unpaired) electrons. The summed E-state index contributed by atoms with van der Waals surface area (Å²) in [6.45, 7) is 3.38. The zero-order valence-corrected chi connectivity index (χ0v) is 16.0. The van der Waals surface area contributed by atoms with Crippen molar-refractivity contribution in [2.75, 3.05) is 13.2 Å². The Morgan fingerprint density at radius 2 is 1.36 bits per heavy atom. The van der Waals surface area contributed by atoms with Crippen LogP contribution in [0, 0.1) is 13.8 Å². The average molecular weight is 374 g/mol. The van der Waals surface area contributed by atoms with E-state index in [9.17, 15) is 9.59 Å². The predicted octanol–water partition coefficient (Wildman–Crippen LogP) is 4.78. The lowest BCUT2D eigenvalue weighted by atomic mass is 10.0. The molecule has 0 bridgehead atoms. The molecule has 0 unspecified atom stereocenters. The van der Waals surface area contributed by atoms with Gasteiger partial charge in [0, 0.05) is 5.56 Å². The maximum absolute atomic E-state index is 12.2. The van der Waals surface area contributed by atoms with Crippen LogP contribution in [0.5, 0.6) is 5.75 Å². The van der Waals surface area contributed by atoms with E-state index in [2.05, 4.69) is 0 Å². The third kappa shape index (κ3) is 5.30. The van der Waals surface area contributed by atoms with E-state index in [1.807, 2.05) is 74.5 Å². The van der Waals surface area contributed by atoms with Crippen LogP contribution in [-0.2, 0) is 9.53 Å². The molecular weight excluding hydrogens is 352 g/mol. The van der Waals surface area contributed by atoms with Crippen molar-refractivity contribution < 1.29 is 19.1 Å². The van der Waals surface area contributed by atoms with E-state index in [1.165, 1.54) is 0 Å². The lowest BCUT2D eigenvalue weighted by Gasteiger charge is -2.09. The SMILES string of the molecule is Cc1cc(C)cc(OCC(=O)OCC(=O)c2ccc(-c3ccccc3)cc2)c1. The fraction of sp³-hybridized carbons (Fsp3) is 0.167. The lowest BCUT2D eigenvalue weighted by Crippen LogP contribution is -2.19. The van der Waals surface area contributed by atoms with Crippen molar-refractivity contribution in [3.63, 3.8) is 0 Å². The molecule has 4 heteroatoms. The first-order valence-corrected chi connectivity index (χ1v) is 9.07. The van der Waals surface area contributed by atoms with Crippen LogP contribution >= 0.6 is 0 Å². The van der Waals surface area contributed by atoms with Gasteiger partial charge in [-0.3, -0.25) is 4.79 Å². The van der Waals surface area contributed by atoms with Gasteiger partial charge in [-0.1, -0.05) is 60.7 Å². The topological polar surface area (TPSA) is 52.6 Å². The molecule has 0 heterocycles. The van der Waals surface area contributed by atoms with Gasteiger partial charge in [0.25, 0.3) is 0 Å². The Balaban J connectivity index is 1.50. The Morgan fingerprint density at radius 1 is 0.750 bits per heavy atom. The first kappa shape index (κ1) is 19.4. The Bertz CT molecular complexity index is 939. The van der Waals surface area contributed by atoms with Gasteiger partial charge < -0.3 is 9.47 Å². The van der Waals surface area contributed by atoms with E-state index >= 15 is 0 Å². The summed E-state index contributed by atoms with van der Waals surface area (Å²) in [5, 5.41) is 0. The number of ether oxygens (including phenoxy) is 2. The molecule has 0 atom stereocenters. The Kier molecular flexibility index (Phi) is 6.22. The molecule has 0 amide bonds. The van der Waals surface area contributed by atoms with Crippen molar-refractivity contribution in [1.29, 1.82) is 0 Å². The van der Waals surface area contributed by atoms with E-state index in [-0.39, 0.29) is 19.0 Å². The molecule has 0 aliphatic rings. The van der Waals surface area contributed by atoms with Gasteiger partial charge in [0.15, 0.2) is 19.0 Å². The number of benzene rings is 3. The molecule has 0 fully saturated rings. The van der Waals surface area contributed by atoms with E-state index < -0.39 is 5.97 Å². The van der Waals surface area contributed by atoms with E-state index in [0.717, 1.165) is 22.3 Å². The van der Waals surface area contributed by atoms with Crippen LogP contribution in [0.4, 0.5) is 0 Å². The summed E-state index contributed by atoms with van der Waals surface area (Å²) in [6.07, 6.45) is 0. The number of ketones is 1. The molecule has 142 valence electrons. The normalized spacial score (nSPS) is 10.4. The first-order chi connectivity index (χ1) is 13.5. The lowest BCUT2D eigenvalue weighted by molar-refractivity contribution is -0.144. The molecule has 0 saturated carbocycles. The van der Waals surface area contributed by atoms with E-state index in [4.69, 9.17) is 9.47 Å². The van der Waals surface area contributed by atoms with Crippen LogP contribution in [-0.4, -0.2) is 25.0 Å². The number of Topliss-reactive ketones (excluding diaryl/α,β-unsaturated/α-hetero) is 1. The summed E-state index contributed by atoms with van der Waals surface area (Å²) in [5.74, 6) is -0.218. The van der Waals surface area contributed by atoms with Crippen LogP contribution in [0.15, 0.2) is 72.8 Å². The molecule has 0 spiro atoms. The van der Waals surface area contributed by atoms with Crippen molar-refractivity contribution >= 4 is 11.8 Å². The second-order valence-corrected chi connectivity index (χ2v) is 6.64. The Morgan fingerprint density at radius 3 is 2.00 bits per heavy atom. The first-order valence-electron chi connectivity index (χ1n) is 9.07. The van der Waals surface area contributed by atoms with Crippen molar-refractivity contribution in [2.24, 2.45) is 0 Å². The highest BCUT2D eigenvalue weighted by molar-refractivity contribution is 5.98. The third-order valence-electron chi connectivity index (χ3n) is 4.23. The predicted molar refractivity (Wildman–Crippen MR) is 109 cm³/mol. The van der Waals surface area contributed by atoms with Gasteiger partial charge in [0.2, 0.25) is 0 Å². The fourth-order valence-corrected chi connectivity index (χ4v) is 2.91. The summed E-state index contributed by atoms with van der Waals surface area (Å²) in [7, 11) is 0. The third-order valence-corrected chi connectivity index (χ3v) is 4.23. The fourth-order valence-electron chi connectivity index (χ4n) is 2.91. The van der Waals surface area contributed by atoms with Crippen LogP contribution < -0.4 is 4.74 Å². The molecular formula is C24H22O4. The van der Waals surface area contributed by atoms with Crippen molar-refractivity contribution in [1.82, 2.24) is 0 Å². The summed E-state index contributed by atoms with van der Waals surface area (Å²) < 4.78 is 10.5. The molecule has 0 aliphatic carbocycles. The van der Waals surface area contributed by atoms with Gasteiger partial charge in [-0.05, 0) is 48.2 Å². The number of hydrogen-bond acceptors (Lipinski definition) is 4. The Hall–Kier alpha value is -3.40. The molecule has 3 aromatic carbocycles. The van der Waals surface area contributed by atoms with Gasteiger partial charge in [0.05, 0.1) is 0 Å². The largest absolute Gasteiger partial charge is 0.482 e. The van der Waals surface area contributed by atoms with Gasteiger partial charge in [-0.15, -0.1) is 0 Å². The molecule has 4 nitrogen and oxygen atoms in total. The van der Waals surface area contributed by atoms with Crippen LogP contribution in [0.25, 0.3) is 11.1 Å². The highest BCUT2D eigenvalue weighted by Gasteiger charge is 2.11. The summed E-state index contributed by atoms with van der Waals surface area (Å²) in [4.78, 5) is 24.1. The number of carbonyl (C=O) groups is 2.